The number of halogens is 2. The quantitative estimate of drug-likeness (QED) is 0.770. The van der Waals surface area contributed by atoms with E-state index < -0.39 is 0 Å². The highest BCUT2D eigenvalue weighted by Crippen LogP contribution is 2.30. The van der Waals surface area contributed by atoms with Crippen molar-refractivity contribution in [2.45, 2.75) is 25.8 Å². The standard InChI is InChI=1S/C10H11ClFN/c1-6-4-10(13-7-2-3-7)8(11)5-9(6)12/h4-5,7,13H,2-3H2,1H3. The molecule has 1 aliphatic rings. The highest BCUT2D eigenvalue weighted by molar-refractivity contribution is 6.33. The van der Waals surface area contributed by atoms with E-state index >= 15 is 0 Å². The second-order valence-electron chi connectivity index (χ2n) is 3.50. The zero-order valence-electron chi connectivity index (χ0n) is 7.40. The fourth-order valence-electron chi connectivity index (χ4n) is 1.22. The normalized spacial score (nSPS) is 15.9. The zero-order chi connectivity index (χ0) is 9.42. The smallest absolute Gasteiger partial charge is 0.127 e. The minimum Gasteiger partial charge on any atom is -0.381 e. The highest BCUT2D eigenvalue weighted by atomic mass is 35.5. The van der Waals surface area contributed by atoms with Crippen LogP contribution < -0.4 is 5.32 Å². The summed E-state index contributed by atoms with van der Waals surface area (Å²) >= 11 is 5.87. The largest absolute Gasteiger partial charge is 0.381 e. The summed E-state index contributed by atoms with van der Waals surface area (Å²) in [4.78, 5) is 0. The molecule has 0 radical (unpaired) electrons. The van der Waals surface area contributed by atoms with Gasteiger partial charge >= 0.3 is 0 Å². The van der Waals surface area contributed by atoms with Crippen LogP contribution in [0.3, 0.4) is 0 Å². The molecule has 2 rings (SSSR count). The lowest BCUT2D eigenvalue weighted by molar-refractivity contribution is 0.619. The van der Waals surface area contributed by atoms with E-state index in [0.717, 1.165) is 5.69 Å². The molecule has 0 amide bonds. The molecule has 0 bridgehead atoms. The Kier molecular flexibility index (Phi) is 2.16. The molecule has 0 heterocycles. The van der Waals surface area contributed by atoms with Gasteiger partial charge in [-0.25, -0.2) is 4.39 Å². The average molecular weight is 200 g/mol. The number of hydrogen-bond donors (Lipinski definition) is 1. The summed E-state index contributed by atoms with van der Waals surface area (Å²) in [5.41, 5.74) is 1.48. The van der Waals surface area contributed by atoms with Gasteiger partial charge in [0.25, 0.3) is 0 Å². The van der Waals surface area contributed by atoms with Gasteiger partial charge < -0.3 is 5.32 Å². The molecule has 13 heavy (non-hydrogen) atoms. The van der Waals surface area contributed by atoms with Crippen LogP contribution in [0.4, 0.5) is 10.1 Å². The van der Waals surface area contributed by atoms with Gasteiger partial charge in [-0.1, -0.05) is 11.6 Å². The fraction of sp³-hybridized carbons (Fsp3) is 0.400. The Bertz CT molecular complexity index is 334. The molecule has 0 atom stereocenters. The van der Waals surface area contributed by atoms with Crippen LogP contribution in [0.15, 0.2) is 12.1 Å². The minimum atomic E-state index is -0.244. The molecular formula is C10H11ClFN. The van der Waals surface area contributed by atoms with Crippen LogP contribution in [-0.4, -0.2) is 6.04 Å². The van der Waals surface area contributed by atoms with Crippen molar-refractivity contribution in [3.05, 3.63) is 28.5 Å². The summed E-state index contributed by atoms with van der Waals surface area (Å²) in [6, 6.07) is 3.67. The van der Waals surface area contributed by atoms with Gasteiger partial charge in [-0.3, -0.25) is 0 Å². The third-order valence-electron chi connectivity index (χ3n) is 2.19. The van der Waals surface area contributed by atoms with Gasteiger partial charge in [0.2, 0.25) is 0 Å². The van der Waals surface area contributed by atoms with E-state index in [1.54, 1.807) is 13.0 Å². The Balaban J connectivity index is 2.27. The van der Waals surface area contributed by atoms with Crippen LogP contribution in [0.2, 0.25) is 5.02 Å². The first-order valence-corrected chi connectivity index (χ1v) is 4.77. The number of hydrogen-bond acceptors (Lipinski definition) is 1. The Labute approximate surface area is 81.9 Å². The van der Waals surface area contributed by atoms with E-state index in [-0.39, 0.29) is 5.82 Å². The van der Waals surface area contributed by atoms with Crippen molar-refractivity contribution in [3.63, 3.8) is 0 Å². The molecule has 0 aromatic heterocycles. The SMILES string of the molecule is Cc1cc(NC2CC2)c(Cl)cc1F. The predicted molar refractivity (Wildman–Crippen MR) is 52.8 cm³/mol. The van der Waals surface area contributed by atoms with Crippen molar-refractivity contribution in [2.75, 3.05) is 5.32 Å². The minimum absolute atomic E-state index is 0.244. The number of rotatable bonds is 2. The van der Waals surface area contributed by atoms with Crippen LogP contribution in [0.1, 0.15) is 18.4 Å². The molecule has 70 valence electrons. The molecule has 0 aliphatic heterocycles. The van der Waals surface area contributed by atoms with Crippen molar-refractivity contribution < 1.29 is 4.39 Å². The van der Waals surface area contributed by atoms with Gasteiger partial charge in [0.05, 0.1) is 10.7 Å². The lowest BCUT2D eigenvalue weighted by Crippen LogP contribution is -2.02. The summed E-state index contributed by atoms with van der Waals surface area (Å²) < 4.78 is 13.0. The monoisotopic (exact) mass is 199 g/mol. The third-order valence-corrected chi connectivity index (χ3v) is 2.50. The molecule has 1 fully saturated rings. The second-order valence-corrected chi connectivity index (χ2v) is 3.91. The molecule has 1 aromatic carbocycles. The molecule has 1 saturated carbocycles. The van der Waals surface area contributed by atoms with Gasteiger partial charge in [-0.2, -0.15) is 0 Å². The van der Waals surface area contributed by atoms with Gasteiger partial charge in [0.1, 0.15) is 5.82 Å². The number of anilines is 1. The molecule has 3 heteroatoms. The maximum absolute atomic E-state index is 13.0. The number of nitrogens with one attached hydrogen (secondary N) is 1. The molecule has 1 nitrogen and oxygen atoms in total. The van der Waals surface area contributed by atoms with E-state index in [2.05, 4.69) is 5.32 Å². The van der Waals surface area contributed by atoms with Crippen molar-refractivity contribution in [1.29, 1.82) is 0 Å². The van der Waals surface area contributed by atoms with E-state index in [1.165, 1.54) is 18.9 Å². The first kappa shape index (κ1) is 8.82. The number of benzene rings is 1. The van der Waals surface area contributed by atoms with E-state index in [9.17, 15) is 4.39 Å². The van der Waals surface area contributed by atoms with Crippen LogP contribution >= 0.6 is 11.6 Å². The van der Waals surface area contributed by atoms with Crippen molar-refractivity contribution >= 4 is 17.3 Å². The second kappa shape index (κ2) is 3.18. The van der Waals surface area contributed by atoms with E-state index in [4.69, 9.17) is 11.6 Å². The first-order chi connectivity index (χ1) is 6.16. The highest BCUT2D eigenvalue weighted by Gasteiger charge is 2.21. The van der Waals surface area contributed by atoms with Crippen LogP contribution in [-0.2, 0) is 0 Å². The summed E-state index contributed by atoms with van der Waals surface area (Å²) in [5.74, 6) is -0.244. The van der Waals surface area contributed by atoms with E-state index in [0.29, 0.717) is 16.6 Å². The maximum Gasteiger partial charge on any atom is 0.127 e. The summed E-state index contributed by atoms with van der Waals surface area (Å²) in [6.45, 7) is 1.74. The van der Waals surface area contributed by atoms with E-state index in [1.807, 2.05) is 0 Å². The Morgan fingerprint density at radius 1 is 1.46 bits per heavy atom. The summed E-state index contributed by atoms with van der Waals surface area (Å²) in [6.07, 6.45) is 2.37. The maximum atomic E-state index is 13.0. The van der Waals surface area contributed by atoms with Gasteiger partial charge in [-0.05, 0) is 37.5 Å². The first-order valence-electron chi connectivity index (χ1n) is 4.39. The molecule has 1 aliphatic carbocycles. The van der Waals surface area contributed by atoms with Crippen molar-refractivity contribution in [1.82, 2.24) is 0 Å². The Morgan fingerprint density at radius 2 is 2.15 bits per heavy atom. The zero-order valence-corrected chi connectivity index (χ0v) is 8.16. The lowest BCUT2D eigenvalue weighted by Gasteiger charge is -2.08. The lowest BCUT2D eigenvalue weighted by atomic mass is 10.2. The van der Waals surface area contributed by atoms with Gasteiger partial charge in [0.15, 0.2) is 0 Å². The van der Waals surface area contributed by atoms with Crippen LogP contribution in [0, 0.1) is 12.7 Å². The topological polar surface area (TPSA) is 12.0 Å². The van der Waals surface area contributed by atoms with Crippen LogP contribution in [0.5, 0.6) is 0 Å². The van der Waals surface area contributed by atoms with Crippen molar-refractivity contribution in [2.24, 2.45) is 0 Å². The molecule has 0 saturated heterocycles. The predicted octanol–water partition coefficient (Wildman–Crippen LogP) is 3.36. The van der Waals surface area contributed by atoms with Gasteiger partial charge in [0, 0.05) is 6.04 Å². The molecule has 0 spiro atoms. The summed E-state index contributed by atoms with van der Waals surface area (Å²) in [5, 5.41) is 3.72. The average Bonchev–Trinajstić information content (AvgIpc) is 2.84. The summed E-state index contributed by atoms with van der Waals surface area (Å²) in [7, 11) is 0. The molecule has 0 unspecified atom stereocenters. The molecular weight excluding hydrogens is 189 g/mol. The molecule has 1 N–H and O–H groups in total. The Hall–Kier alpha value is -0.760. The molecule has 1 aromatic rings. The van der Waals surface area contributed by atoms with Crippen LogP contribution in [0.25, 0.3) is 0 Å². The Morgan fingerprint density at radius 3 is 2.77 bits per heavy atom. The van der Waals surface area contributed by atoms with Gasteiger partial charge in [-0.15, -0.1) is 0 Å². The number of aryl methyl sites for hydroxylation is 1. The fourth-order valence-corrected chi connectivity index (χ4v) is 1.42. The third kappa shape index (κ3) is 1.94. The van der Waals surface area contributed by atoms with Crippen molar-refractivity contribution in [3.8, 4) is 0 Å².